The molecule has 1 N–H and O–H groups in total. The number of nitrogens with one attached hydrogen (secondary N) is 1. The average Bonchev–Trinajstić information content (AvgIpc) is 2.62. The second kappa shape index (κ2) is 2.81. The fourth-order valence-corrected chi connectivity index (χ4v) is 2.29. The van der Waals surface area contributed by atoms with Crippen LogP contribution in [0.15, 0.2) is 12.1 Å². The molecule has 3 rings (SSSR count). The summed E-state index contributed by atoms with van der Waals surface area (Å²) in [5.74, 6) is 1.74. The molecule has 0 fully saturated rings. The van der Waals surface area contributed by atoms with Gasteiger partial charge in [-0.25, -0.2) is 0 Å². The van der Waals surface area contributed by atoms with Gasteiger partial charge in [0.15, 0.2) is 11.5 Å². The average molecular weight is 205 g/mol. The highest BCUT2D eigenvalue weighted by molar-refractivity contribution is 5.64. The maximum atomic E-state index is 5.41. The van der Waals surface area contributed by atoms with Crippen LogP contribution in [-0.2, 0) is 5.41 Å². The zero-order chi connectivity index (χ0) is 10.5. The quantitative estimate of drug-likeness (QED) is 0.706. The number of fused-ring (bicyclic) bond motifs is 2. The van der Waals surface area contributed by atoms with E-state index in [9.17, 15) is 0 Å². The number of anilines is 1. The SMILES string of the molecule is CC1(C)CCNc2cc3c(cc21)OCO3. The van der Waals surface area contributed by atoms with E-state index in [2.05, 4.69) is 31.3 Å². The molecule has 0 amide bonds. The number of ether oxygens (including phenoxy) is 2. The van der Waals surface area contributed by atoms with Gasteiger partial charge in [0.25, 0.3) is 0 Å². The van der Waals surface area contributed by atoms with Crippen LogP contribution in [0.4, 0.5) is 5.69 Å². The van der Waals surface area contributed by atoms with E-state index in [0.29, 0.717) is 6.79 Å². The summed E-state index contributed by atoms with van der Waals surface area (Å²) in [7, 11) is 0. The maximum absolute atomic E-state index is 5.41. The van der Waals surface area contributed by atoms with Gasteiger partial charge in [-0.3, -0.25) is 0 Å². The lowest BCUT2D eigenvalue weighted by Gasteiger charge is -2.33. The van der Waals surface area contributed by atoms with E-state index in [0.717, 1.165) is 24.5 Å². The first-order valence-electron chi connectivity index (χ1n) is 5.35. The summed E-state index contributed by atoms with van der Waals surface area (Å²) in [6.45, 7) is 5.92. The third-order valence-electron chi connectivity index (χ3n) is 3.31. The molecule has 0 radical (unpaired) electrons. The second-order valence-corrected chi connectivity index (χ2v) is 4.81. The highest BCUT2D eigenvalue weighted by Gasteiger charge is 2.30. The van der Waals surface area contributed by atoms with E-state index >= 15 is 0 Å². The van der Waals surface area contributed by atoms with Crippen LogP contribution in [0.1, 0.15) is 25.8 Å². The summed E-state index contributed by atoms with van der Waals surface area (Å²) in [6, 6.07) is 4.17. The fraction of sp³-hybridized carbons (Fsp3) is 0.500. The van der Waals surface area contributed by atoms with Crippen molar-refractivity contribution in [3.05, 3.63) is 17.7 Å². The Morgan fingerprint density at radius 3 is 2.73 bits per heavy atom. The van der Waals surface area contributed by atoms with Gasteiger partial charge in [-0.1, -0.05) is 13.8 Å². The zero-order valence-corrected chi connectivity index (χ0v) is 9.09. The molecule has 2 heterocycles. The van der Waals surface area contributed by atoms with Crippen LogP contribution < -0.4 is 14.8 Å². The van der Waals surface area contributed by atoms with E-state index in [4.69, 9.17) is 9.47 Å². The molecule has 1 aromatic carbocycles. The molecule has 0 bridgehead atoms. The van der Waals surface area contributed by atoms with Gasteiger partial charge in [0.1, 0.15) is 0 Å². The number of hydrogen-bond acceptors (Lipinski definition) is 3. The summed E-state index contributed by atoms with van der Waals surface area (Å²) < 4.78 is 10.8. The van der Waals surface area contributed by atoms with Gasteiger partial charge in [-0.15, -0.1) is 0 Å². The predicted molar refractivity (Wildman–Crippen MR) is 58.7 cm³/mol. The van der Waals surface area contributed by atoms with Crippen molar-refractivity contribution in [1.82, 2.24) is 0 Å². The fourth-order valence-electron chi connectivity index (χ4n) is 2.29. The molecule has 0 saturated carbocycles. The molecule has 0 atom stereocenters. The lowest BCUT2D eigenvalue weighted by Crippen LogP contribution is -2.28. The van der Waals surface area contributed by atoms with Gasteiger partial charge in [0.05, 0.1) is 0 Å². The monoisotopic (exact) mass is 205 g/mol. The highest BCUT2D eigenvalue weighted by Crippen LogP contribution is 2.44. The first-order valence-corrected chi connectivity index (χ1v) is 5.35. The number of hydrogen-bond donors (Lipinski definition) is 1. The van der Waals surface area contributed by atoms with E-state index < -0.39 is 0 Å². The lowest BCUT2D eigenvalue weighted by atomic mass is 9.78. The van der Waals surface area contributed by atoms with Crippen molar-refractivity contribution in [2.24, 2.45) is 0 Å². The number of rotatable bonds is 0. The molecule has 3 heteroatoms. The minimum Gasteiger partial charge on any atom is -0.454 e. The molecule has 0 saturated heterocycles. The second-order valence-electron chi connectivity index (χ2n) is 4.81. The van der Waals surface area contributed by atoms with Gasteiger partial charge >= 0.3 is 0 Å². The first kappa shape index (κ1) is 8.89. The Labute approximate surface area is 89.4 Å². The standard InChI is InChI=1S/C12H15NO2/c1-12(2)3-4-13-9-6-11-10(5-8(9)12)14-7-15-11/h5-6,13H,3-4,7H2,1-2H3. The maximum Gasteiger partial charge on any atom is 0.231 e. The molecule has 2 aliphatic heterocycles. The van der Waals surface area contributed by atoms with Crippen molar-refractivity contribution >= 4 is 5.69 Å². The molecule has 0 aromatic heterocycles. The van der Waals surface area contributed by atoms with Crippen molar-refractivity contribution in [2.75, 3.05) is 18.7 Å². The van der Waals surface area contributed by atoms with E-state index in [1.165, 1.54) is 11.3 Å². The molecular formula is C12H15NO2. The van der Waals surface area contributed by atoms with Crippen LogP contribution in [-0.4, -0.2) is 13.3 Å². The van der Waals surface area contributed by atoms with Gasteiger partial charge in [0.2, 0.25) is 6.79 Å². The van der Waals surface area contributed by atoms with Crippen LogP contribution in [0.2, 0.25) is 0 Å². The lowest BCUT2D eigenvalue weighted by molar-refractivity contribution is 0.174. The van der Waals surface area contributed by atoms with E-state index in [-0.39, 0.29) is 5.41 Å². The Bertz CT molecular complexity index is 412. The van der Waals surface area contributed by atoms with Gasteiger partial charge in [-0.05, 0) is 23.5 Å². The van der Waals surface area contributed by atoms with Gasteiger partial charge < -0.3 is 14.8 Å². The third-order valence-corrected chi connectivity index (χ3v) is 3.31. The predicted octanol–water partition coefficient (Wildman–Crippen LogP) is 2.51. The molecule has 2 aliphatic rings. The van der Waals surface area contributed by atoms with Crippen molar-refractivity contribution in [3.8, 4) is 11.5 Å². The van der Waals surface area contributed by atoms with Crippen molar-refractivity contribution < 1.29 is 9.47 Å². The number of benzene rings is 1. The summed E-state index contributed by atoms with van der Waals surface area (Å²) in [5, 5.41) is 3.41. The van der Waals surface area contributed by atoms with Crippen LogP contribution >= 0.6 is 0 Å². The molecule has 0 unspecified atom stereocenters. The first-order chi connectivity index (χ1) is 7.17. The smallest absolute Gasteiger partial charge is 0.231 e. The van der Waals surface area contributed by atoms with Crippen LogP contribution in [0.25, 0.3) is 0 Å². The Balaban J connectivity index is 2.16. The molecule has 1 aromatic rings. The van der Waals surface area contributed by atoms with Gasteiger partial charge in [0, 0.05) is 18.3 Å². The zero-order valence-electron chi connectivity index (χ0n) is 9.09. The highest BCUT2D eigenvalue weighted by atomic mass is 16.7. The molecule has 15 heavy (non-hydrogen) atoms. The third kappa shape index (κ3) is 1.26. The summed E-state index contributed by atoms with van der Waals surface area (Å²) in [5.41, 5.74) is 2.75. The molecule has 0 spiro atoms. The molecule has 80 valence electrons. The van der Waals surface area contributed by atoms with Crippen LogP contribution in [0, 0.1) is 0 Å². The Kier molecular flexibility index (Phi) is 1.67. The topological polar surface area (TPSA) is 30.5 Å². The minimum atomic E-state index is 0.224. The van der Waals surface area contributed by atoms with Crippen molar-refractivity contribution in [1.29, 1.82) is 0 Å². The Morgan fingerprint density at radius 2 is 1.93 bits per heavy atom. The Hall–Kier alpha value is -1.38. The Morgan fingerprint density at radius 1 is 1.20 bits per heavy atom. The normalized spacial score (nSPS) is 20.7. The summed E-state index contributed by atoms with van der Waals surface area (Å²) >= 11 is 0. The van der Waals surface area contributed by atoms with Crippen molar-refractivity contribution in [2.45, 2.75) is 25.7 Å². The van der Waals surface area contributed by atoms with Crippen LogP contribution in [0.3, 0.4) is 0 Å². The molecule has 3 nitrogen and oxygen atoms in total. The van der Waals surface area contributed by atoms with Crippen molar-refractivity contribution in [3.63, 3.8) is 0 Å². The van der Waals surface area contributed by atoms with E-state index in [1.807, 2.05) is 0 Å². The largest absolute Gasteiger partial charge is 0.454 e. The summed E-state index contributed by atoms with van der Waals surface area (Å²) in [4.78, 5) is 0. The summed E-state index contributed by atoms with van der Waals surface area (Å²) in [6.07, 6.45) is 1.15. The van der Waals surface area contributed by atoms with E-state index in [1.54, 1.807) is 0 Å². The minimum absolute atomic E-state index is 0.224. The molecule has 0 aliphatic carbocycles. The van der Waals surface area contributed by atoms with Gasteiger partial charge in [-0.2, -0.15) is 0 Å². The van der Waals surface area contributed by atoms with Crippen LogP contribution in [0.5, 0.6) is 11.5 Å². The molecular weight excluding hydrogens is 190 g/mol.